The fraction of sp³-hybridized carbons (Fsp3) is 0.350. The molecule has 0 spiro atoms. The lowest BCUT2D eigenvalue weighted by molar-refractivity contribution is 0.410. The van der Waals surface area contributed by atoms with Crippen LogP contribution in [0.3, 0.4) is 0 Å². The van der Waals surface area contributed by atoms with Crippen molar-refractivity contribution in [1.29, 1.82) is 0 Å². The number of aryl methyl sites for hydroxylation is 1. The molecule has 2 rings (SSSR count). The summed E-state index contributed by atoms with van der Waals surface area (Å²) in [5.74, 6) is 1.73. The first-order chi connectivity index (χ1) is 11.6. The molecule has 2 aromatic carbocycles. The predicted molar refractivity (Wildman–Crippen MR) is 100.0 cm³/mol. The molecule has 24 heavy (non-hydrogen) atoms. The maximum atomic E-state index is 5.58. The van der Waals surface area contributed by atoms with Gasteiger partial charge >= 0.3 is 0 Å². The van der Waals surface area contributed by atoms with Crippen LogP contribution in [-0.4, -0.2) is 39.1 Å². The maximum Gasteiger partial charge on any atom is 0.124 e. The van der Waals surface area contributed by atoms with E-state index in [1.807, 2.05) is 36.5 Å². The highest BCUT2D eigenvalue weighted by Gasteiger charge is 2.09. The van der Waals surface area contributed by atoms with Gasteiger partial charge in [-0.3, -0.25) is 0 Å². The predicted octanol–water partition coefficient (Wildman–Crippen LogP) is 4.21. The number of nitrogens with zero attached hydrogens (tertiary/aromatic N) is 2. The Morgan fingerprint density at radius 2 is 1.79 bits per heavy atom. The number of rotatable bonds is 7. The van der Waals surface area contributed by atoms with Gasteiger partial charge in [-0.05, 0) is 48.7 Å². The molecule has 0 heterocycles. The lowest BCUT2D eigenvalue weighted by Crippen LogP contribution is -2.14. The van der Waals surface area contributed by atoms with Crippen LogP contribution in [0.25, 0.3) is 0 Å². The van der Waals surface area contributed by atoms with Gasteiger partial charge in [-0.1, -0.05) is 12.1 Å². The number of aliphatic imine (C=N–C) groups is 1. The first-order valence-electron chi connectivity index (χ1n) is 8.12. The smallest absolute Gasteiger partial charge is 0.124 e. The van der Waals surface area contributed by atoms with Crippen molar-refractivity contribution in [3.8, 4) is 11.5 Å². The van der Waals surface area contributed by atoms with Crippen molar-refractivity contribution in [3.63, 3.8) is 0 Å². The van der Waals surface area contributed by atoms with Crippen molar-refractivity contribution >= 4 is 12.0 Å². The van der Waals surface area contributed by atoms with Crippen LogP contribution in [-0.2, 0) is 6.42 Å². The molecule has 4 nitrogen and oxygen atoms in total. The number of hydrogen-bond donors (Lipinski definition) is 0. The molecule has 4 heteroatoms. The van der Waals surface area contributed by atoms with Gasteiger partial charge in [-0.2, -0.15) is 0 Å². The van der Waals surface area contributed by atoms with E-state index >= 15 is 0 Å². The number of methoxy groups -OCH3 is 2. The molecule has 0 aliphatic heterocycles. The summed E-state index contributed by atoms with van der Waals surface area (Å²) in [7, 11) is 5.39. The average molecular weight is 326 g/mol. The number of benzene rings is 2. The van der Waals surface area contributed by atoms with Gasteiger partial charge in [0.1, 0.15) is 11.5 Å². The first-order valence-corrected chi connectivity index (χ1v) is 8.12. The summed E-state index contributed by atoms with van der Waals surface area (Å²) in [6.45, 7) is 5.10. The third kappa shape index (κ3) is 4.51. The van der Waals surface area contributed by atoms with Gasteiger partial charge in [0.05, 0.1) is 26.2 Å². The molecule has 0 bridgehead atoms. The number of ether oxygens (including phenoxy) is 2. The second kappa shape index (κ2) is 8.39. The molecule has 0 N–H and O–H groups in total. The van der Waals surface area contributed by atoms with Crippen LogP contribution in [0.15, 0.2) is 41.4 Å². The van der Waals surface area contributed by atoms with E-state index in [4.69, 9.17) is 9.47 Å². The third-order valence-electron chi connectivity index (χ3n) is 4.05. The standard InChI is InChI=1S/C20H26N2O2/c1-6-22(3)14-21-19-13-20(24-5)17(11-15(19)2)12-16-7-9-18(23-4)10-8-16/h7-11,13-14H,6,12H2,1-5H3. The zero-order valence-corrected chi connectivity index (χ0v) is 15.2. The lowest BCUT2D eigenvalue weighted by atomic mass is 10.0. The quantitative estimate of drug-likeness (QED) is 0.564. The SMILES string of the molecule is CCN(C)C=Nc1cc(OC)c(Cc2ccc(OC)cc2)cc1C. The normalized spacial score (nSPS) is 10.9. The Hall–Kier alpha value is -2.49. The molecular formula is C20H26N2O2. The maximum absolute atomic E-state index is 5.58. The molecule has 2 aromatic rings. The van der Waals surface area contributed by atoms with Gasteiger partial charge in [0.25, 0.3) is 0 Å². The Kier molecular flexibility index (Phi) is 6.24. The molecule has 0 atom stereocenters. The van der Waals surface area contributed by atoms with E-state index in [-0.39, 0.29) is 0 Å². The van der Waals surface area contributed by atoms with Crippen LogP contribution in [0.5, 0.6) is 11.5 Å². The summed E-state index contributed by atoms with van der Waals surface area (Å²) in [6.07, 6.45) is 2.66. The molecule has 0 aliphatic rings. The lowest BCUT2D eigenvalue weighted by Gasteiger charge is -2.13. The van der Waals surface area contributed by atoms with Gasteiger partial charge in [-0.15, -0.1) is 0 Å². The highest BCUT2D eigenvalue weighted by molar-refractivity contribution is 5.65. The van der Waals surface area contributed by atoms with Crippen LogP contribution in [0.2, 0.25) is 0 Å². The zero-order chi connectivity index (χ0) is 17.5. The molecule has 0 aromatic heterocycles. The molecule has 0 saturated carbocycles. The van der Waals surface area contributed by atoms with Crippen LogP contribution in [0.4, 0.5) is 5.69 Å². The second-order valence-electron chi connectivity index (χ2n) is 5.79. The highest BCUT2D eigenvalue weighted by atomic mass is 16.5. The summed E-state index contributed by atoms with van der Waals surface area (Å²) in [5, 5.41) is 0. The van der Waals surface area contributed by atoms with Crippen LogP contribution >= 0.6 is 0 Å². The van der Waals surface area contributed by atoms with Crippen molar-refractivity contribution < 1.29 is 9.47 Å². The van der Waals surface area contributed by atoms with Crippen molar-refractivity contribution in [3.05, 3.63) is 53.1 Å². The highest BCUT2D eigenvalue weighted by Crippen LogP contribution is 2.30. The Labute approximate surface area is 144 Å². The first kappa shape index (κ1) is 17.9. The largest absolute Gasteiger partial charge is 0.497 e. The molecule has 128 valence electrons. The van der Waals surface area contributed by atoms with E-state index in [9.17, 15) is 0 Å². The fourth-order valence-corrected chi connectivity index (χ4v) is 2.41. The minimum absolute atomic E-state index is 0.812. The summed E-state index contributed by atoms with van der Waals surface area (Å²) in [6, 6.07) is 12.3. The van der Waals surface area contributed by atoms with E-state index in [1.165, 1.54) is 5.56 Å². The van der Waals surface area contributed by atoms with Gasteiger partial charge in [0.2, 0.25) is 0 Å². The van der Waals surface area contributed by atoms with Crippen LogP contribution in [0, 0.1) is 6.92 Å². The zero-order valence-electron chi connectivity index (χ0n) is 15.2. The van der Waals surface area contributed by atoms with Gasteiger partial charge in [0.15, 0.2) is 0 Å². The second-order valence-corrected chi connectivity index (χ2v) is 5.79. The van der Waals surface area contributed by atoms with Gasteiger partial charge in [-0.25, -0.2) is 4.99 Å². The Morgan fingerprint density at radius 3 is 2.38 bits per heavy atom. The van der Waals surface area contributed by atoms with Crippen LogP contribution < -0.4 is 9.47 Å². The molecule has 0 amide bonds. The topological polar surface area (TPSA) is 34.1 Å². The fourth-order valence-electron chi connectivity index (χ4n) is 2.41. The Balaban J connectivity index is 2.26. The minimum Gasteiger partial charge on any atom is -0.497 e. The summed E-state index contributed by atoms with van der Waals surface area (Å²) >= 11 is 0. The molecule has 0 unspecified atom stereocenters. The molecular weight excluding hydrogens is 300 g/mol. The summed E-state index contributed by atoms with van der Waals surface area (Å²) in [5.41, 5.74) is 4.45. The minimum atomic E-state index is 0.812. The van der Waals surface area contributed by atoms with Crippen molar-refractivity contribution in [2.45, 2.75) is 20.3 Å². The average Bonchev–Trinajstić information content (AvgIpc) is 2.61. The van der Waals surface area contributed by atoms with E-state index in [2.05, 4.69) is 37.0 Å². The van der Waals surface area contributed by atoms with E-state index in [1.54, 1.807) is 14.2 Å². The Morgan fingerprint density at radius 1 is 1.08 bits per heavy atom. The Bertz CT molecular complexity index is 694. The molecule has 0 fully saturated rings. The van der Waals surface area contributed by atoms with Gasteiger partial charge < -0.3 is 14.4 Å². The molecule has 0 saturated heterocycles. The van der Waals surface area contributed by atoms with E-state index < -0.39 is 0 Å². The van der Waals surface area contributed by atoms with E-state index in [0.29, 0.717) is 0 Å². The monoisotopic (exact) mass is 326 g/mol. The molecule has 0 aliphatic carbocycles. The van der Waals surface area contributed by atoms with Crippen molar-refractivity contribution in [1.82, 2.24) is 4.90 Å². The van der Waals surface area contributed by atoms with Crippen molar-refractivity contribution in [2.24, 2.45) is 4.99 Å². The van der Waals surface area contributed by atoms with Gasteiger partial charge in [0, 0.05) is 26.1 Å². The number of hydrogen-bond acceptors (Lipinski definition) is 3. The third-order valence-corrected chi connectivity index (χ3v) is 4.05. The summed E-state index contributed by atoms with van der Waals surface area (Å²) < 4.78 is 10.8. The molecule has 0 radical (unpaired) electrons. The van der Waals surface area contributed by atoms with Crippen LogP contribution in [0.1, 0.15) is 23.6 Å². The van der Waals surface area contributed by atoms with Crippen molar-refractivity contribution in [2.75, 3.05) is 27.8 Å². The van der Waals surface area contributed by atoms with E-state index in [0.717, 1.165) is 41.3 Å². The summed E-state index contributed by atoms with van der Waals surface area (Å²) in [4.78, 5) is 6.60.